The minimum atomic E-state index is 0.288. The van der Waals surface area contributed by atoms with E-state index in [0.717, 1.165) is 25.2 Å². The Hall–Kier alpha value is -1.02. The van der Waals surface area contributed by atoms with Gasteiger partial charge in [0.05, 0.1) is 6.61 Å². The predicted molar refractivity (Wildman–Crippen MR) is 66.7 cm³/mol. The van der Waals surface area contributed by atoms with Crippen molar-refractivity contribution in [1.82, 2.24) is 0 Å². The standard InChI is InChI=1S/C14H21NO/c1-10(2)13(15)9-11-7-8-16-14-6-4-3-5-12(11)14/h3-6,10-11,13H,7-9,15H2,1-2H3. The lowest BCUT2D eigenvalue weighted by molar-refractivity contribution is 0.253. The van der Waals surface area contributed by atoms with Crippen molar-refractivity contribution in [1.29, 1.82) is 0 Å². The van der Waals surface area contributed by atoms with E-state index in [4.69, 9.17) is 10.5 Å². The van der Waals surface area contributed by atoms with E-state index >= 15 is 0 Å². The van der Waals surface area contributed by atoms with Crippen molar-refractivity contribution in [3.05, 3.63) is 29.8 Å². The number of rotatable bonds is 3. The first kappa shape index (κ1) is 11.5. The van der Waals surface area contributed by atoms with Crippen LogP contribution in [-0.2, 0) is 0 Å². The topological polar surface area (TPSA) is 35.2 Å². The number of nitrogens with two attached hydrogens (primary N) is 1. The third kappa shape index (κ3) is 2.38. The molecule has 2 heteroatoms. The van der Waals surface area contributed by atoms with Gasteiger partial charge in [-0.05, 0) is 36.3 Å². The number of hydrogen-bond acceptors (Lipinski definition) is 2. The Morgan fingerprint density at radius 3 is 2.88 bits per heavy atom. The molecule has 1 aromatic rings. The minimum Gasteiger partial charge on any atom is -0.493 e. The van der Waals surface area contributed by atoms with Crippen LogP contribution in [0.1, 0.15) is 38.2 Å². The predicted octanol–water partition coefficient (Wildman–Crippen LogP) is 2.93. The molecule has 0 radical (unpaired) electrons. The number of benzene rings is 1. The van der Waals surface area contributed by atoms with E-state index in [9.17, 15) is 0 Å². The summed E-state index contributed by atoms with van der Waals surface area (Å²) < 4.78 is 5.65. The summed E-state index contributed by atoms with van der Waals surface area (Å²) in [7, 11) is 0. The third-order valence-corrected chi connectivity index (χ3v) is 3.50. The van der Waals surface area contributed by atoms with Crippen molar-refractivity contribution in [3.8, 4) is 5.75 Å². The molecule has 0 aromatic heterocycles. The van der Waals surface area contributed by atoms with Gasteiger partial charge in [0, 0.05) is 6.04 Å². The largest absolute Gasteiger partial charge is 0.493 e. The van der Waals surface area contributed by atoms with Gasteiger partial charge in [-0.3, -0.25) is 0 Å². The molecule has 0 saturated carbocycles. The molecule has 2 nitrogen and oxygen atoms in total. The van der Waals surface area contributed by atoms with Crippen molar-refractivity contribution in [2.24, 2.45) is 11.7 Å². The van der Waals surface area contributed by atoms with Gasteiger partial charge in [-0.25, -0.2) is 0 Å². The van der Waals surface area contributed by atoms with Crippen LogP contribution < -0.4 is 10.5 Å². The SMILES string of the molecule is CC(C)C(N)CC1CCOc2ccccc21. The summed E-state index contributed by atoms with van der Waals surface area (Å²) in [5, 5.41) is 0. The molecule has 0 spiro atoms. The molecule has 2 rings (SSSR count). The van der Waals surface area contributed by atoms with E-state index in [2.05, 4.69) is 32.0 Å². The van der Waals surface area contributed by atoms with Gasteiger partial charge in [0.25, 0.3) is 0 Å². The van der Waals surface area contributed by atoms with Crippen LogP contribution in [-0.4, -0.2) is 12.6 Å². The van der Waals surface area contributed by atoms with Gasteiger partial charge < -0.3 is 10.5 Å². The first-order chi connectivity index (χ1) is 7.68. The van der Waals surface area contributed by atoms with Gasteiger partial charge in [-0.1, -0.05) is 32.0 Å². The Morgan fingerprint density at radius 2 is 2.12 bits per heavy atom. The lowest BCUT2D eigenvalue weighted by Crippen LogP contribution is -2.30. The van der Waals surface area contributed by atoms with Crippen LogP contribution in [0.4, 0.5) is 0 Å². The molecule has 0 bridgehead atoms. The van der Waals surface area contributed by atoms with Crippen molar-refractivity contribution in [2.45, 2.75) is 38.6 Å². The highest BCUT2D eigenvalue weighted by Gasteiger charge is 2.23. The number of fused-ring (bicyclic) bond motifs is 1. The molecular weight excluding hydrogens is 198 g/mol. The van der Waals surface area contributed by atoms with E-state index in [1.54, 1.807) is 0 Å². The maximum absolute atomic E-state index is 6.16. The second kappa shape index (κ2) is 4.88. The molecule has 2 N–H and O–H groups in total. The zero-order valence-electron chi connectivity index (χ0n) is 10.1. The summed E-state index contributed by atoms with van der Waals surface area (Å²) in [4.78, 5) is 0. The highest BCUT2D eigenvalue weighted by Crippen LogP contribution is 2.36. The Kier molecular flexibility index (Phi) is 3.49. The molecular formula is C14H21NO. The summed E-state index contributed by atoms with van der Waals surface area (Å²) in [5.74, 6) is 2.17. The molecule has 1 aliphatic heterocycles. The summed E-state index contributed by atoms with van der Waals surface area (Å²) in [6.07, 6.45) is 2.16. The third-order valence-electron chi connectivity index (χ3n) is 3.50. The lowest BCUT2D eigenvalue weighted by atomic mass is 9.85. The van der Waals surface area contributed by atoms with Crippen molar-refractivity contribution in [2.75, 3.05) is 6.61 Å². The van der Waals surface area contributed by atoms with Crippen molar-refractivity contribution < 1.29 is 4.74 Å². The molecule has 0 amide bonds. The summed E-state index contributed by atoms with van der Waals surface area (Å²) in [6, 6.07) is 8.63. The molecule has 2 unspecified atom stereocenters. The smallest absolute Gasteiger partial charge is 0.122 e. The molecule has 88 valence electrons. The number of hydrogen-bond donors (Lipinski definition) is 1. The molecule has 0 saturated heterocycles. The number of para-hydroxylation sites is 1. The maximum atomic E-state index is 6.16. The summed E-state index contributed by atoms with van der Waals surface area (Å²) >= 11 is 0. The fourth-order valence-corrected chi connectivity index (χ4v) is 2.26. The van der Waals surface area contributed by atoms with Gasteiger partial charge in [-0.15, -0.1) is 0 Å². The zero-order chi connectivity index (χ0) is 11.5. The molecule has 1 aliphatic rings. The quantitative estimate of drug-likeness (QED) is 0.848. The zero-order valence-corrected chi connectivity index (χ0v) is 10.1. The Morgan fingerprint density at radius 1 is 1.38 bits per heavy atom. The maximum Gasteiger partial charge on any atom is 0.122 e. The van der Waals surface area contributed by atoms with Gasteiger partial charge in [0.2, 0.25) is 0 Å². The molecule has 0 aliphatic carbocycles. The van der Waals surface area contributed by atoms with Crippen LogP contribution in [0, 0.1) is 5.92 Å². The van der Waals surface area contributed by atoms with E-state index in [-0.39, 0.29) is 6.04 Å². The first-order valence-corrected chi connectivity index (χ1v) is 6.15. The average Bonchev–Trinajstić information content (AvgIpc) is 2.29. The van der Waals surface area contributed by atoms with Crippen LogP contribution >= 0.6 is 0 Å². The van der Waals surface area contributed by atoms with E-state index in [1.807, 2.05) is 6.07 Å². The Bertz CT molecular complexity index is 348. The fourth-order valence-electron chi connectivity index (χ4n) is 2.26. The van der Waals surface area contributed by atoms with Crippen LogP contribution in [0.5, 0.6) is 5.75 Å². The second-order valence-electron chi connectivity index (χ2n) is 5.02. The van der Waals surface area contributed by atoms with Gasteiger partial charge >= 0.3 is 0 Å². The van der Waals surface area contributed by atoms with E-state index in [0.29, 0.717) is 11.8 Å². The first-order valence-electron chi connectivity index (χ1n) is 6.15. The van der Waals surface area contributed by atoms with Crippen LogP contribution in [0.25, 0.3) is 0 Å². The second-order valence-corrected chi connectivity index (χ2v) is 5.02. The molecule has 16 heavy (non-hydrogen) atoms. The molecule has 2 atom stereocenters. The monoisotopic (exact) mass is 219 g/mol. The van der Waals surface area contributed by atoms with Gasteiger partial charge in [0.1, 0.15) is 5.75 Å². The van der Waals surface area contributed by atoms with Crippen molar-refractivity contribution >= 4 is 0 Å². The summed E-state index contributed by atoms with van der Waals surface area (Å²) in [6.45, 7) is 5.21. The Balaban J connectivity index is 2.13. The number of ether oxygens (including phenoxy) is 1. The normalized spacial score (nSPS) is 21.4. The molecule has 1 aromatic carbocycles. The highest BCUT2D eigenvalue weighted by molar-refractivity contribution is 5.37. The fraction of sp³-hybridized carbons (Fsp3) is 0.571. The van der Waals surface area contributed by atoms with Crippen LogP contribution in [0.15, 0.2) is 24.3 Å². The average molecular weight is 219 g/mol. The Labute approximate surface area is 97.8 Å². The van der Waals surface area contributed by atoms with Crippen LogP contribution in [0.2, 0.25) is 0 Å². The summed E-state index contributed by atoms with van der Waals surface area (Å²) in [5.41, 5.74) is 7.50. The van der Waals surface area contributed by atoms with E-state index < -0.39 is 0 Å². The molecule has 0 fully saturated rings. The van der Waals surface area contributed by atoms with Crippen molar-refractivity contribution in [3.63, 3.8) is 0 Å². The highest BCUT2D eigenvalue weighted by atomic mass is 16.5. The van der Waals surface area contributed by atoms with Gasteiger partial charge in [-0.2, -0.15) is 0 Å². The minimum absolute atomic E-state index is 0.288. The molecule has 1 heterocycles. The van der Waals surface area contributed by atoms with E-state index in [1.165, 1.54) is 5.56 Å². The van der Waals surface area contributed by atoms with Crippen LogP contribution in [0.3, 0.4) is 0 Å². The lowest BCUT2D eigenvalue weighted by Gasteiger charge is -2.29. The van der Waals surface area contributed by atoms with Gasteiger partial charge in [0.15, 0.2) is 0 Å².